The fraction of sp³-hybridized carbons (Fsp3) is 0.714. The maximum absolute atomic E-state index is 5.42. The summed E-state index contributed by atoms with van der Waals surface area (Å²) in [6, 6.07) is 0. The van der Waals surface area contributed by atoms with Crippen LogP contribution in [0.2, 0.25) is 12.5 Å². The monoisotopic (exact) mass is 227 g/mol. The number of allylic oxidation sites excluding steroid dienone is 2. The van der Waals surface area contributed by atoms with Crippen molar-refractivity contribution in [2.75, 3.05) is 6.54 Å². The molecule has 1 heterocycles. The van der Waals surface area contributed by atoms with Gasteiger partial charge in [0.25, 0.3) is 0 Å². The summed E-state index contributed by atoms with van der Waals surface area (Å²) in [7, 11) is 0. The van der Waals surface area contributed by atoms with E-state index in [4.69, 9.17) is 5.73 Å². The van der Waals surface area contributed by atoms with Crippen LogP contribution in [0.5, 0.6) is 0 Å². The van der Waals surface area contributed by atoms with E-state index in [1.165, 1.54) is 19.0 Å². The zero-order chi connectivity index (χ0) is 6.53. The molecule has 0 radical (unpaired) electrons. The van der Waals surface area contributed by atoms with E-state index in [0.717, 1.165) is 6.54 Å². The molecule has 50 valence electrons. The number of rotatable bonds is 3. The van der Waals surface area contributed by atoms with Crippen molar-refractivity contribution in [3.05, 3.63) is 12.2 Å². The second-order valence-corrected chi connectivity index (χ2v) is 12.0. The van der Waals surface area contributed by atoms with Gasteiger partial charge in [0.1, 0.15) is 0 Å². The summed E-state index contributed by atoms with van der Waals surface area (Å²) in [5, 5.41) is 0. The summed E-state index contributed by atoms with van der Waals surface area (Å²) >= 11 is -0.912. The summed E-state index contributed by atoms with van der Waals surface area (Å²) in [6.07, 6.45) is 6.04. The van der Waals surface area contributed by atoms with Crippen molar-refractivity contribution in [2.45, 2.75) is 19.0 Å². The standard InChI is InChI=1S/C4H6.C3H8N.In/c1-3-4-2;1-2-3-4;/h3-4H,1-2H2;1-4H2;. The molecule has 0 amide bonds. The Morgan fingerprint density at radius 1 is 1.33 bits per heavy atom. The molecule has 0 saturated heterocycles. The Bertz CT molecular complexity index is 93.1. The van der Waals surface area contributed by atoms with Gasteiger partial charge >= 0.3 is 64.8 Å². The van der Waals surface area contributed by atoms with Gasteiger partial charge in [-0.3, -0.25) is 0 Å². The number of hydrogen-bond donors (Lipinski definition) is 1. The Morgan fingerprint density at radius 3 is 2.56 bits per heavy atom. The zero-order valence-corrected chi connectivity index (χ0v) is 9.14. The molecule has 0 aromatic heterocycles. The molecule has 0 spiro atoms. The van der Waals surface area contributed by atoms with Crippen molar-refractivity contribution in [2.24, 2.45) is 5.73 Å². The van der Waals surface area contributed by atoms with E-state index >= 15 is 0 Å². The van der Waals surface area contributed by atoms with Crippen LogP contribution in [0.1, 0.15) is 6.42 Å². The van der Waals surface area contributed by atoms with Gasteiger partial charge in [-0.1, -0.05) is 0 Å². The Balaban J connectivity index is 2.01. The molecule has 0 saturated carbocycles. The molecule has 0 aromatic carbocycles. The maximum atomic E-state index is 5.42. The molecule has 0 atom stereocenters. The Hall–Kier alpha value is 0.570. The van der Waals surface area contributed by atoms with Crippen LogP contribution < -0.4 is 5.73 Å². The van der Waals surface area contributed by atoms with Crippen LogP contribution in [0, 0.1) is 0 Å². The van der Waals surface area contributed by atoms with Crippen LogP contribution in [0.15, 0.2) is 12.2 Å². The topological polar surface area (TPSA) is 26.0 Å². The predicted octanol–water partition coefficient (Wildman–Crippen LogP) is 1.40. The van der Waals surface area contributed by atoms with Crippen molar-refractivity contribution >= 4 is 21.4 Å². The summed E-state index contributed by atoms with van der Waals surface area (Å²) in [5.41, 5.74) is 5.42. The first-order chi connectivity index (χ1) is 4.43. The minimum absolute atomic E-state index is 0.910. The molecular weight excluding hydrogens is 213 g/mol. The third-order valence-electron chi connectivity index (χ3n) is 1.92. The van der Waals surface area contributed by atoms with E-state index in [1.807, 2.05) is 0 Å². The normalized spacial score (nSPS) is 17.2. The van der Waals surface area contributed by atoms with Crippen LogP contribution in [0.3, 0.4) is 0 Å². The molecule has 2 heteroatoms. The first-order valence-corrected chi connectivity index (χ1v) is 10.8. The summed E-state index contributed by atoms with van der Waals surface area (Å²) < 4.78 is 4.54. The predicted molar refractivity (Wildman–Crippen MR) is 43.0 cm³/mol. The molecule has 0 bridgehead atoms. The Labute approximate surface area is 64.8 Å². The molecule has 0 aliphatic carbocycles. The van der Waals surface area contributed by atoms with Crippen molar-refractivity contribution in [3.8, 4) is 0 Å². The fourth-order valence-corrected chi connectivity index (χ4v) is 8.83. The van der Waals surface area contributed by atoms with Crippen LogP contribution in [0.25, 0.3) is 0 Å². The van der Waals surface area contributed by atoms with Gasteiger partial charge in [-0.25, -0.2) is 0 Å². The first kappa shape index (κ1) is 7.67. The van der Waals surface area contributed by atoms with Gasteiger partial charge in [0, 0.05) is 0 Å². The van der Waals surface area contributed by atoms with Crippen LogP contribution in [0.4, 0.5) is 0 Å². The fourth-order valence-electron chi connectivity index (χ4n) is 1.32. The third kappa shape index (κ3) is 2.76. The molecule has 1 aliphatic rings. The SMILES string of the molecule is NCC[CH2][In]1[CH2]C=C[CH2]1. The Morgan fingerprint density at radius 2 is 2.00 bits per heavy atom. The van der Waals surface area contributed by atoms with Gasteiger partial charge in [0.05, 0.1) is 0 Å². The molecule has 1 nitrogen and oxygen atoms in total. The summed E-state index contributed by atoms with van der Waals surface area (Å²) in [4.78, 5) is 0. The average molecular weight is 227 g/mol. The van der Waals surface area contributed by atoms with E-state index in [1.54, 1.807) is 0 Å². The zero-order valence-electron chi connectivity index (χ0n) is 5.84. The quantitative estimate of drug-likeness (QED) is 0.724. The molecule has 1 rings (SSSR count). The van der Waals surface area contributed by atoms with E-state index < -0.39 is 21.4 Å². The van der Waals surface area contributed by atoms with Crippen molar-refractivity contribution in [1.82, 2.24) is 0 Å². The van der Waals surface area contributed by atoms with Crippen LogP contribution in [-0.4, -0.2) is 28.0 Å². The third-order valence-corrected chi connectivity index (χ3v) is 10.8. The average Bonchev–Trinajstić information content (AvgIpc) is 2.34. The summed E-state index contributed by atoms with van der Waals surface area (Å²) in [5.74, 6) is 0. The summed E-state index contributed by atoms with van der Waals surface area (Å²) in [6.45, 7) is 0.910. The van der Waals surface area contributed by atoms with Crippen molar-refractivity contribution in [1.29, 1.82) is 0 Å². The molecule has 2 N–H and O–H groups in total. The molecule has 0 aromatic rings. The second-order valence-electron chi connectivity index (χ2n) is 2.74. The molecule has 0 fully saturated rings. The van der Waals surface area contributed by atoms with Gasteiger partial charge in [-0.15, -0.1) is 0 Å². The van der Waals surface area contributed by atoms with Crippen LogP contribution >= 0.6 is 0 Å². The molecule has 9 heavy (non-hydrogen) atoms. The van der Waals surface area contributed by atoms with Gasteiger partial charge in [-0.2, -0.15) is 0 Å². The Kier molecular flexibility index (Phi) is 3.75. The minimum atomic E-state index is -0.912. The number of hydrogen-bond acceptors (Lipinski definition) is 1. The van der Waals surface area contributed by atoms with Crippen molar-refractivity contribution < 1.29 is 0 Å². The molecular formula is C7H14InN. The van der Waals surface area contributed by atoms with Gasteiger partial charge in [-0.05, 0) is 0 Å². The van der Waals surface area contributed by atoms with E-state index in [9.17, 15) is 0 Å². The first-order valence-electron chi connectivity index (χ1n) is 3.78. The van der Waals surface area contributed by atoms with E-state index in [-0.39, 0.29) is 0 Å². The van der Waals surface area contributed by atoms with Crippen LogP contribution in [-0.2, 0) is 0 Å². The number of nitrogens with two attached hydrogens (primary N) is 1. The van der Waals surface area contributed by atoms with E-state index in [2.05, 4.69) is 12.2 Å². The van der Waals surface area contributed by atoms with Gasteiger partial charge in [0.15, 0.2) is 0 Å². The van der Waals surface area contributed by atoms with E-state index in [0.29, 0.717) is 0 Å². The van der Waals surface area contributed by atoms with Crippen molar-refractivity contribution in [3.63, 3.8) is 0 Å². The molecule has 0 unspecified atom stereocenters. The second kappa shape index (κ2) is 4.40. The van der Waals surface area contributed by atoms with Gasteiger partial charge in [0.2, 0.25) is 0 Å². The molecule has 1 aliphatic heterocycles. The van der Waals surface area contributed by atoms with Gasteiger partial charge < -0.3 is 0 Å².